The smallest absolute Gasteiger partial charge is 0.336 e. The number of amides is 2. The Morgan fingerprint density at radius 2 is 1.67 bits per heavy atom. The van der Waals surface area contributed by atoms with Crippen molar-refractivity contribution in [3.63, 3.8) is 0 Å². The second-order valence-corrected chi connectivity index (χ2v) is 6.93. The number of anilines is 2. The number of benzene rings is 2. The molecule has 0 saturated carbocycles. The van der Waals surface area contributed by atoms with Gasteiger partial charge < -0.3 is 10.1 Å². The van der Waals surface area contributed by atoms with Crippen LogP contribution in [0.15, 0.2) is 65.9 Å². The number of carbonyl (C=O) groups is 4. The first-order valence-electron chi connectivity index (χ1n) is 9.42. The largest absolute Gasteiger partial charge is 0.466 e. The first kappa shape index (κ1) is 21.0. The van der Waals surface area contributed by atoms with Gasteiger partial charge in [0.2, 0.25) is 11.8 Å². The highest BCUT2D eigenvalue weighted by Gasteiger charge is 2.40. The van der Waals surface area contributed by atoms with Crippen molar-refractivity contribution in [2.75, 3.05) is 17.3 Å². The lowest BCUT2D eigenvalue weighted by Crippen LogP contribution is -2.43. The van der Waals surface area contributed by atoms with Crippen LogP contribution in [0.1, 0.15) is 30.6 Å². The van der Waals surface area contributed by atoms with Crippen LogP contribution in [0.5, 0.6) is 0 Å². The van der Waals surface area contributed by atoms with E-state index in [-0.39, 0.29) is 23.7 Å². The van der Waals surface area contributed by atoms with Gasteiger partial charge in [-0.2, -0.15) is 0 Å². The van der Waals surface area contributed by atoms with E-state index in [2.05, 4.69) is 5.32 Å². The van der Waals surface area contributed by atoms with E-state index in [9.17, 15) is 19.2 Å². The predicted octanol–water partition coefficient (Wildman–Crippen LogP) is 3.33. The van der Waals surface area contributed by atoms with Gasteiger partial charge in [0.05, 0.1) is 18.6 Å². The second kappa shape index (κ2) is 8.73. The number of Topliss-reactive ketones (excluding diaryl/α,β-unsaturated/α-hetero) is 1. The van der Waals surface area contributed by atoms with E-state index in [4.69, 9.17) is 4.74 Å². The van der Waals surface area contributed by atoms with Gasteiger partial charge in [-0.1, -0.05) is 18.2 Å². The van der Waals surface area contributed by atoms with Gasteiger partial charge in [0.15, 0.2) is 5.78 Å². The molecule has 30 heavy (non-hydrogen) atoms. The maximum absolute atomic E-state index is 13.0. The summed E-state index contributed by atoms with van der Waals surface area (Å²) in [5, 5.41) is 2.72. The SMILES string of the molecule is COC(=O)C1=C(C)N(c2ccccc2)C(=O)C[C@@H]1C(=O)Nc1ccc(C(C)=O)cc1. The molecule has 1 N–H and O–H groups in total. The molecule has 2 aromatic carbocycles. The standard InChI is InChI=1S/C23H22N2O5/c1-14-21(23(29)30-3)19(13-20(27)25(14)18-7-5-4-6-8-18)22(28)24-17-11-9-16(10-12-17)15(2)26/h4-12,19H,13H2,1-3H3,(H,24,28)/t19-/m0/s1. The molecule has 0 fully saturated rings. The summed E-state index contributed by atoms with van der Waals surface area (Å²) in [6.45, 7) is 3.08. The topological polar surface area (TPSA) is 92.8 Å². The zero-order chi connectivity index (χ0) is 21.8. The number of allylic oxidation sites excluding steroid dienone is 1. The van der Waals surface area contributed by atoms with Crippen molar-refractivity contribution in [3.8, 4) is 0 Å². The van der Waals surface area contributed by atoms with E-state index >= 15 is 0 Å². The van der Waals surface area contributed by atoms with Crippen LogP contribution < -0.4 is 10.2 Å². The number of para-hydroxylation sites is 1. The van der Waals surface area contributed by atoms with Crippen molar-refractivity contribution in [1.29, 1.82) is 0 Å². The van der Waals surface area contributed by atoms with Crippen LogP contribution in [-0.4, -0.2) is 30.7 Å². The Balaban J connectivity index is 1.94. The van der Waals surface area contributed by atoms with E-state index < -0.39 is 17.8 Å². The first-order chi connectivity index (χ1) is 14.3. The highest BCUT2D eigenvalue weighted by atomic mass is 16.5. The molecule has 0 radical (unpaired) electrons. The summed E-state index contributed by atoms with van der Waals surface area (Å²) in [7, 11) is 1.24. The Hall–Kier alpha value is -3.74. The lowest BCUT2D eigenvalue weighted by Gasteiger charge is -2.33. The number of rotatable bonds is 5. The molecule has 0 bridgehead atoms. The summed E-state index contributed by atoms with van der Waals surface area (Å²) in [5.74, 6) is -2.52. The number of methoxy groups -OCH3 is 1. The van der Waals surface area contributed by atoms with Crippen molar-refractivity contribution in [1.82, 2.24) is 0 Å². The van der Waals surface area contributed by atoms with E-state index in [1.165, 1.54) is 18.9 Å². The number of ether oxygens (including phenoxy) is 1. The molecule has 0 aromatic heterocycles. The Morgan fingerprint density at radius 3 is 2.23 bits per heavy atom. The van der Waals surface area contributed by atoms with Gasteiger partial charge in [-0.25, -0.2) is 4.79 Å². The summed E-state index contributed by atoms with van der Waals surface area (Å²) in [4.78, 5) is 51.2. The number of esters is 1. The third-order valence-corrected chi connectivity index (χ3v) is 5.00. The van der Waals surface area contributed by atoms with Gasteiger partial charge in [0, 0.05) is 29.1 Å². The minimum Gasteiger partial charge on any atom is -0.466 e. The lowest BCUT2D eigenvalue weighted by atomic mass is 9.88. The number of nitrogens with one attached hydrogen (secondary N) is 1. The number of ketones is 1. The number of hydrogen-bond donors (Lipinski definition) is 1. The molecule has 154 valence electrons. The van der Waals surface area contributed by atoms with Gasteiger partial charge >= 0.3 is 5.97 Å². The Kier molecular flexibility index (Phi) is 6.11. The minimum absolute atomic E-state index is 0.0849. The Morgan fingerprint density at radius 1 is 1.03 bits per heavy atom. The molecule has 2 amide bonds. The highest BCUT2D eigenvalue weighted by molar-refractivity contribution is 6.10. The van der Waals surface area contributed by atoms with Crippen LogP contribution in [0.3, 0.4) is 0 Å². The molecule has 1 aliphatic rings. The third kappa shape index (κ3) is 4.15. The van der Waals surface area contributed by atoms with Crippen LogP contribution >= 0.6 is 0 Å². The molecule has 0 spiro atoms. The molecule has 0 unspecified atom stereocenters. The molecule has 7 heteroatoms. The summed E-state index contributed by atoms with van der Waals surface area (Å²) in [6.07, 6.45) is -0.173. The first-order valence-corrected chi connectivity index (χ1v) is 9.42. The third-order valence-electron chi connectivity index (χ3n) is 5.00. The van der Waals surface area contributed by atoms with Gasteiger partial charge in [0.25, 0.3) is 0 Å². The fourth-order valence-electron chi connectivity index (χ4n) is 3.48. The summed E-state index contributed by atoms with van der Waals surface area (Å²) >= 11 is 0. The molecule has 1 atom stereocenters. The lowest BCUT2D eigenvalue weighted by molar-refractivity contribution is -0.138. The maximum atomic E-state index is 13.0. The van der Waals surface area contributed by atoms with Gasteiger partial charge in [0.1, 0.15) is 0 Å². The van der Waals surface area contributed by atoms with Gasteiger partial charge in [-0.15, -0.1) is 0 Å². The fraction of sp³-hybridized carbons (Fsp3) is 0.217. The average molecular weight is 406 g/mol. The molecular formula is C23H22N2O5. The Bertz CT molecular complexity index is 1030. The molecule has 7 nitrogen and oxygen atoms in total. The number of hydrogen-bond acceptors (Lipinski definition) is 5. The van der Waals surface area contributed by atoms with Crippen molar-refractivity contribution in [2.45, 2.75) is 20.3 Å². The maximum Gasteiger partial charge on any atom is 0.336 e. The molecule has 0 aliphatic carbocycles. The average Bonchev–Trinajstić information content (AvgIpc) is 2.74. The normalized spacial score (nSPS) is 16.3. The van der Waals surface area contributed by atoms with Crippen molar-refractivity contribution < 1.29 is 23.9 Å². The molecule has 3 rings (SSSR count). The second-order valence-electron chi connectivity index (χ2n) is 6.93. The monoisotopic (exact) mass is 406 g/mol. The number of nitrogens with zero attached hydrogens (tertiary/aromatic N) is 1. The zero-order valence-electron chi connectivity index (χ0n) is 17.0. The molecule has 1 aliphatic heterocycles. The number of carbonyl (C=O) groups excluding carboxylic acids is 4. The molecule has 0 saturated heterocycles. The molecule has 1 heterocycles. The summed E-state index contributed by atoms with van der Waals surface area (Å²) < 4.78 is 4.90. The van der Waals surface area contributed by atoms with E-state index in [1.807, 2.05) is 6.07 Å². The van der Waals surface area contributed by atoms with Crippen LogP contribution in [0.4, 0.5) is 11.4 Å². The fourth-order valence-corrected chi connectivity index (χ4v) is 3.48. The summed E-state index contributed by atoms with van der Waals surface area (Å²) in [6, 6.07) is 15.3. The summed E-state index contributed by atoms with van der Waals surface area (Å²) in [5.41, 5.74) is 2.09. The van der Waals surface area contributed by atoms with E-state index in [1.54, 1.807) is 55.5 Å². The minimum atomic E-state index is -0.989. The van der Waals surface area contributed by atoms with Crippen LogP contribution in [0.25, 0.3) is 0 Å². The molecular weight excluding hydrogens is 384 g/mol. The molecule has 2 aromatic rings. The zero-order valence-corrected chi connectivity index (χ0v) is 17.0. The van der Waals surface area contributed by atoms with Crippen LogP contribution in [0, 0.1) is 5.92 Å². The van der Waals surface area contributed by atoms with Crippen molar-refractivity contribution in [3.05, 3.63) is 71.4 Å². The van der Waals surface area contributed by atoms with Crippen molar-refractivity contribution >= 4 is 34.9 Å². The Labute approximate surface area is 174 Å². The van der Waals surface area contributed by atoms with Crippen molar-refractivity contribution in [2.24, 2.45) is 5.92 Å². The van der Waals surface area contributed by atoms with Crippen LogP contribution in [-0.2, 0) is 19.1 Å². The van der Waals surface area contributed by atoms with Gasteiger partial charge in [-0.3, -0.25) is 19.3 Å². The van der Waals surface area contributed by atoms with E-state index in [0.29, 0.717) is 22.6 Å². The van der Waals surface area contributed by atoms with Crippen LogP contribution in [0.2, 0.25) is 0 Å². The van der Waals surface area contributed by atoms with E-state index in [0.717, 1.165) is 0 Å². The van der Waals surface area contributed by atoms with Gasteiger partial charge in [-0.05, 0) is 50.2 Å². The predicted molar refractivity (Wildman–Crippen MR) is 112 cm³/mol. The highest BCUT2D eigenvalue weighted by Crippen LogP contribution is 2.34. The quantitative estimate of drug-likeness (QED) is 0.607.